The number of carbonyl (C=O) groups excluding carboxylic acids is 1. The van der Waals surface area contributed by atoms with Crippen molar-refractivity contribution >= 4 is 16.8 Å². The van der Waals surface area contributed by atoms with Gasteiger partial charge in [-0.3, -0.25) is 9.36 Å². The van der Waals surface area contributed by atoms with Crippen LogP contribution in [0.4, 0.5) is 0 Å². The zero-order chi connectivity index (χ0) is 13.2. The van der Waals surface area contributed by atoms with Crippen LogP contribution < -0.4 is 5.73 Å². The van der Waals surface area contributed by atoms with Gasteiger partial charge in [0.2, 0.25) is 0 Å². The van der Waals surface area contributed by atoms with Crippen LogP contribution in [0.3, 0.4) is 0 Å². The molecule has 0 fully saturated rings. The quantitative estimate of drug-likeness (QED) is 0.760. The lowest BCUT2D eigenvalue weighted by molar-refractivity contribution is 0.0965. The zero-order valence-corrected chi connectivity index (χ0v) is 10.4. The average Bonchev–Trinajstić information content (AvgIpc) is 2.86. The molecule has 0 unspecified atom stereocenters. The molecule has 0 amide bonds. The highest BCUT2D eigenvalue weighted by molar-refractivity contribution is 6.02. The Morgan fingerprint density at radius 2 is 1.68 bits per heavy atom. The second-order valence-corrected chi connectivity index (χ2v) is 4.42. The van der Waals surface area contributed by atoms with Gasteiger partial charge in [-0.25, -0.2) is 0 Å². The van der Waals surface area contributed by atoms with Gasteiger partial charge in [-0.2, -0.15) is 0 Å². The molecular formula is C16H14N2O. The highest BCUT2D eigenvalue weighted by atomic mass is 16.2. The predicted molar refractivity (Wildman–Crippen MR) is 76.0 cm³/mol. The smallest absolute Gasteiger partial charge is 0.262 e. The number of nitrogens with two attached hydrogens (primary N) is 1. The summed E-state index contributed by atoms with van der Waals surface area (Å²) in [4.78, 5) is 12.5. The monoisotopic (exact) mass is 250 g/mol. The molecule has 94 valence electrons. The van der Waals surface area contributed by atoms with E-state index in [1.165, 1.54) is 0 Å². The third-order valence-corrected chi connectivity index (χ3v) is 3.25. The van der Waals surface area contributed by atoms with Gasteiger partial charge < -0.3 is 5.73 Å². The number of hydrogen-bond donors (Lipinski definition) is 1. The largest absolute Gasteiger partial charge is 0.326 e. The van der Waals surface area contributed by atoms with E-state index in [4.69, 9.17) is 5.73 Å². The summed E-state index contributed by atoms with van der Waals surface area (Å²) in [5, 5.41) is 1.04. The molecule has 3 nitrogen and oxygen atoms in total. The van der Waals surface area contributed by atoms with Crippen LogP contribution in [0.2, 0.25) is 0 Å². The van der Waals surface area contributed by atoms with Crippen molar-refractivity contribution in [1.29, 1.82) is 0 Å². The summed E-state index contributed by atoms with van der Waals surface area (Å²) >= 11 is 0. The van der Waals surface area contributed by atoms with Crippen LogP contribution in [0, 0.1) is 0 Å². The minimum Gasteiger partial charge on any atom is -0.326 e. The molecule has 3 aromatic rings. The maximum atomic E-state index is 12.5. The Kier molecular flexibility index (Phi) is 2.89. The van der Waals surface area contributed by atoms with Crippen molar-refractivity contribution in [2.75, 3.05) is 0 Å². The van der Waals surface area contributed by atoms with Crippen molar-refractivity contribution in [3.05, 3.63) is 71.9 Å². The van der Waals surface area contributed by atoms with Gasteiger partial charge in [0.05, 0.1) is 5.52 Å². The maximum absolute atomic E-state index is 12.5. The van der Waals surface area contributed by atoms with E-state index < -0.39 is 0 Å². The van der Waals surface area contributed by atoms with Crippen LogP contribution in [0.25, 0.3) is 10.9 Å². The number of hydrogen-bond acceptors (Lipinski definition) is 2. The van der Waals surface area contributed by atoms with Crippen molar-refractivity contribution in [2.24, 2.45) is 5.73 Å². The fourth-order valence-corrected chi connectivity index (χ4v) is 2.30. The Morgan fingerprint density at radius 3 is 2.42 bits per heavy atom. The molecular weight excluding hydrogens is 236 g/mol. The normalized spacial score (nSPS) is 10.8. The molecule has 3 rings (SSSR count). The van der Waals surface area contributed by atoms with Crippen LogP contribution in [0.1, 0.15) is 15.9 Å². The maximum Gasteiger partial charge on any atom is 0.262 e. The molecule has 3 heteroatoms. The lowest BCUT2D eigenvalue weighted by Crippen LogP contribution is -2.10. The van der Waals surface area contributed by atoms with Crippen molar-refractivity contribution in [1.82, 2.24) is 4.57 Å². The summed E-state index contributed by atoms with van der Waals surface area (Å²) < 4.78 is 1.67. The van der Waals surface area contributed by atoms with E-state index >= 15 is 0 Å². The first-order chi connectivity index (χ1) is 9.31. The van der Waals surface area contributed by atoms with E-state index in [1.54, 1.807) is 4.57 Å². The number of nitrogens with zero attached hydrogens (tertiary/aromatic N) is 1. The Morgan fingerprint density at radius 1 is 1.00 bits per heavy atom. The van der Waals surface area contributed by atoms with E-state index in [-0.39, 0.29) is 5.91 Å². The molecule has 2 aromatic carbocycles. The summed E-state index contributed by atoms with van der Waals surface area (Å²) in [5.74, 6) is -0.0310. The van der Waals surface area contributed by atoms with Crippen molar-refractivity contribution < 1.29 is 4.79 Å². The molecule has 0 radical (unpaired) electrons. The number of para-hydroxylation sites is 1. The number of rotatable bonds is 2. The third kappa shape index (κ3) is 1.94. The van der Waals surface area contributed by atoms with Crippen LogP contribution >= 0.6 is 0 Å². The van der Waals surface area contributed by atoms with Crippen LogP contribution in [-0.4, -0.2) is 10.5 Å². The molecule has 0 saturated carbocycles. The molecule has 0 spiro atoms. The summed E-state index contributed by atoms with van der Waals surface area (Å²) in [6.45, 7) is 0.426. The van der Waals surface area contributed by atoms with Gasteiger partial charge in [-0.15, -0.1) is 0 Å². The Balaban J connectivity index is 2.18. The highest BCUT2D eigenvalue weighted by Crippen LogP contribution is 2.21. The first kappa shape index (κ1) is 11.7. The fourth-order valence-electron chi connectivity index (χ4n) is 2.30. The highest BCUT2D eigenvalue weighted by Gasteiger charge is 2.13. The van der Waals surface area contributed by atoms with E-state index in [2.05, 4.69) is 0 Å². The van der Waals surface area contributed by atoms with Gasteiger partial charge in [0.25, 0.3) is 5.91 Å². The average molecular weight is 250 g/mol. The predicted octanol–water partition coefficient (Wildman–Crippen LogP) is 2.79. The number of carbonyl (C=O) groups is 1. The molecule has 0 bridgehead atoms. The standard InChI is InChI=1S/C16H14N2O/c17-10-13-11-18(15-9-5-4-8-14(13)15)16(19)12-6-2-1-3-7-12/h1-9,11H,10,17H2. The van der Waals surface area contributed by atoms with E-state index in [0.29, 0.717) is 12.1 Å². The minimum atomic E-state index is -0.0310. The first-order valence-corrected chi connectivity index (χ1v) is 6.20. The van der Waals surface area contributed by atoms with Crippen LogP contribution in [-0.2, 0) is 6.54 Å². The van der Waals surface area contributed by atoms with Crippen molar-refractivity contribution in [3.63, 3.8) is 0 Å². The SMILES string of the molecule is NCc1cn(C(=O)c2ccccc2)c2ccccc12. The Hall–Kier alpha value is -2.39. The summed E-state index contributed by atoms with van der Waals surface area (Å²) in [5.41, 5.74) is 8.30. The van der Waals surface area contributed by atoms with Crippen molar-refractivity contribution in [2.45, 2.75) is 6.54 Å². The Bertz CT molecular complexity index is 729. The molecule has 0 atom stereocenters. The number of fused-ring (bicyclic) bond motifs is 1. The fraction of sp³-hybridized carbons (Fsp3) is 0.0625. The minimum absolute atomic E-state index is 0.0310. The lowest BCUT2D eigenvalue weighted by Gasteiger charge is -2.03. The molecule has 1 heterocycles. The molecule has 19 heavy (non-hydrogen) atoms. The number of benzene rings is 2. The van der Waals surface area contributed by atoms with Gasteiger partial charge in [-0.1, -0.05) is 36.4 Å². The number of aromatic nitrogens is 1. The second kappa shape index (κ2) is 4.71. The zero-order valence-electron chi connectivity index (χ0n) is 10.4. The van der Waals surface area contributed by atoms with Gasteiger partial charge in [-0.05, 0) is 23.8 Å². The van der Waals surface area contributed by atoms with Gasteiger partial charge in [0.15, 0.2) is 0 Å². The lowest BCUT2D eigenvalue weighted by atomic mass is 10.2. The summed E-state index contributed by atoms with van der Waals surface area (Å²) in [6, 6.07) is 17.1. The molecule has 0 aliphatic rings. The molecule has 0 aliphatic heterocycles. The van der Waals surface area contributed by atoms with E-state index in [9.17, 15) is 4.79 Å². The van der Waals surface area contributed by atoms with E-state index in [0.717, 1.165) is 16.5 Å². The van der Waals surface area contributed by atoms with Gasteiger partial charge >= 0.3 is 0 Å². The molecule has 0 saturated heterocycles. The third-order valence-electron chi connectivity index (χ3n) is 3.25. The Labute approximate surface area is 111 Å². The van der Waals surface area contributed by atoms with Crippen LogP contribution in [0.5, 0.6) is 0 Å². The second-order valence-electron chi connectivity index (χ2n) is 4.42. The first-order valence-electron chi connectivity index (χ1n) is 6.20. The van der Waals surface area contributed by atoms with Gasteiger partial charge in [0.1, 0.15) is 0 Å². The molecule has 1 aromatic heterocycles. The molecule has 2 N–H and O–H groups in total. The van der Waals surface area contributed by atoms with Gasteiger partial charge in [0, 0.05) is 23.7 Å². The topological polar surface area (TPSA) is 48.0 Å². The summed E-state index contributed by atoms with van der Waals surface area (Å²) in [7, 11) is 0. The van der Waals surface area contributed by atoms with E-state index in [1.807, 2.05) is 60.8 Å². The summed E-state index contributed by atoms with van der Waals surface area (Å²) in [6.07, 6.45) is 1.83. The van der Waals surface area contributed by atoms with Crippen molar-refractivity contribution in [3.8, 4) is 0 Å². The molecule has 0 aliphatic carbocycles. The van der Waals surface area contributed by atoms with Crippen LogP contribution in [0.15, 0.2) is 60.8 Å².